The Kier molecular flexibility index (Phi) is 5.19. The van der Waals surface area contributed by atoms with E-state index in [-0.39, 0.29) is 19.4 Å². The van der Waals surface area contributed by atoms with Crippen LogP contribution in [0.5, 0.6) is 0 Å². The summed E-state index contributed by atoms with van der Waals surface area (Å²) in [5.74, 6) is -0.397. The van der Waals surface area contributed by atoms with Crippen LogP contribution in [0.1, 0.15) is 37.8 Å². The molecular formula is C17H20F3N3O. The van der Waals surface area contributed by atoms with Crippen LogP contribution < -0.4 is 5.43 Å². The zero-order valence-corrected chi connectivity index (χ0v) is 13.7. The van der Waals surface area contributed by atoms with E-state index in [0.29, 0.717) is 12.0 Å². The topological polar surface area (TPSA) is 56.1 Å². The average Bonchev–Trinajstić information content (AvgIpc) is 2.76. The summed E-state index contributed by atoms with van der Waals surface area (Å²) >= 11 is 0. The Balaban J connectivity index is 2.03. The Morgan fingerprint density at radius 1 is 1.38 bits per heavy atom. The highest BCUT2D eigenvalue weighted by atomic mass is 19.4. The minimum atomic E-state index is -4.43. The number of benzene rings is 1. The second-order valence-electron chi connectivity index (χ2n) is 6.67. The van der Waals surface area contributed by atoms with Crippen LogP contribution in [-0.2, 0) is 11.2 Å². The monoisotopic (exact) mass is 339 g/mol. The molecule has 0 aliphatic carbocycles. The van der Waals surface area contributed by atoms with Crippen molar-refractivity contribution in [2.75, 3.05) is 6.54 Å². The van der Waals surface area contributed by atoms with Crippen molar-refractivity contribution in [1.82, 2.24) is 10.4 Å². The Morgan fingerprint density at radius 3 is 2.58 bits per heavy atom. The molecule has 0 spiro atoms. The molecule has 0 bridgehead atoms. The summed E-state index contributed by atoms with van der Waals surface area (Å²) in [5.41, 5.74) is 2.73. The van der Waals surface area contributed by atoms with Crippen LogP contribution in [-0.4, -0.2) is 29.7 Å². The van der Waals surface area contributed by atoms with Gasteiger partial charge in [-0.2, -0.15) is 18.4 Å². The Morgan fingerprint density at radius 2 is 2.04 bits per heavy atom. The molecule has 24 heavy (non-hydrogen) atoms. The van der Waals surface area contributed by atoms with E-state index in [9.17, 15) is 18.0 Å². The quantitative estimate of drug-likeness (QED) is 0.896. The van der Waals surface area contributed by atoms with Crippen LogP contribution in [0.4, 0.5) is 13.2 Å². The molecule has 4 nitrogen and oxygen atoms in total. The zero-order chi connectivity index (χ0) is 18.0. The van der Waals surface area contributed by atoms with E-state index < -0.39 is 23.5 Å². The molecular weight excluding hydrogens is 319 g/mol. The van der Waals surface area contributed by atoms with Gasteiger partial charge in [0.2, 0.25) is 5.91 Å². The van der Waals surface area contributed by atoms with Gasteiger partial charge in [0.1, 0.15) is 6.04 Å². The number of nitrogens with zero attached hydrogens (tertiary/aromatic N) is 2. The molecule has 1 saturated heterocycles. The number of carbonyl (C=O) groups is 1. The number of hydrazine groups is 1. The number of rotatable bonds is 5. The Bertz CT molecular complexity index is 649. The number of halogens is 3. The van der Waals surface area contributed by atoms with Crippen LogP contribution in [0.2, 0.25) is 0 Å². The minimum Gasteiger partial charge on any atom is -0.288 e. The maximum absolute atomic E-state index is 13.4. The molecule has 1 fully saturated rings. The SMILES string of the molecule is CC1(C)CN(C(CCCc2ccccc2C#N)C(F)(F)F)NC1=O. The molecule has 1 aromatic carbocycles. The van der Waals surface area contributed by atoms with Crippen molar-refractivity contribution >= 4 is 5.91 Å². The summed E-state index contributed by atoms with van der Waals surface area (Å²) in [6, 6.07) is 7.21. The first-order valence-corrected chi connectivity index (χ1v) is 7.77. The molecule has 1 atom stereocenters. The number of hydrogen-bond donors (Lipinski definition) is 1. The van der Waals surface area contributed by atoms with Crippen LogP contribution >= 0.6 is 0 Å². The third kappa shape index (κ3) is 4.06. The third-order valence-corrected chi connectivity index (χ3v) is 4.24. The van der Waals surface area contributed by atoms with Gasteiger partial charge in [-0.05, 0) is 44.7 Å². The minimum absolute atomic E-state index is 0.0186. The first-order chi connectivity index (χ1) is 11.1. The first-order valence-electron chi connectivity index (χ1n) is 7.77. The van der Waals surface area contributed by atoms with Gasteiger partial charge in [0.25, 0.3) is 0 Å². The van der Waals surface area contributed by atoms with Crippen molar-refractivity contribution in [2.24, 2.45) is 5.41 Å². The van der Waals surface area contributed by atoms with Crippen molar-refractivity contribution in [3.05, 3.63) is 35.4 Å². The molecule has 1 aliphatic rings. The number of amides is 1. The summed E-state index contributed by atoms with van der Waals surface area (Å²) < 4.78 is 40.1. The fraction of sp³-hybridized carbons (Fsp3) is 0.529. The lowest BCUT2D eigenvalue weighted by molar-refractivity contribution is -0.190. The highest BCUT2D eigenvalue weighted by Crippen LogP contribution is 2.33. The molecule has 130 valence electrons. The van der Waals surface area contributed by atoms with Crippen molar-refractivity contribution < 1.29 is 18.0 Å². The van der Waals surface area contributed by atoms with Gasteiger partial charge in [-0.25, -0.2) is 5.01 Å². The molecule has 1 unspecified atom stereocenters. The second-order valence-corrected chi connectivity index (χ2v) is 6.67. The summed E-state index contributed by atoms with van der Waals surface area (Å²) in [4.78, 5) is 11.8. The van der Waals surface area contributed by atoms with E-state index in [1.165, 1.54) is 0 Å². The molecule has 1 aliphatic heterocycles. The lowest BCUT2D eigenvalue weighted by Gasteiger charge is -2.29. The maximum Gasteiger partial charge on any atom is 0.405 e. The second kappa shape index (κ2) is 6.81. The van der Waals surface area contributed by atoms with Crippen LogP contribution in [0.25, 0.3) is 0 Å². The van der Waals surface area contributed by atoms with Crippen LogP contribution in [0.3, 0.4) is 0 Å². The summed E-state index contributed by atoms with van der Waals surface area (Å²) in [7, 11) is 0. The lowest BCUT2D eigenvalue weighted by atomic mass is 9.94. The fourth-order valence-electron chi connectivity index (χ4n) is 2.84. The number of nitrogens with one attached hydrogen (secondary N) is 1. The molecule has 0 saturated carbocycles. The lowest BCUT2D eigenvalue weighted by Crippen LogP contribution is -2.50. The molecule has 1 amide bonds. The van der Waals surface area contributed by atoms with E-state index in [1.54, 1.807) is 38.1 Å². The van der Waals surface area contributed by atoms with Crippen molar-refractivity contribution in [3.63, 3.8) is 0 Å². The van der Waals surface area contributed by atoms with Gasteiger partial charge in [-0.3, -0.25) is 10.2 Å². The molecule has 0 radical (unpaired) electrons. The normalized spacial score (nSPS) is 18.9. The van der Waals surface area contributed by atoms with Gasteiger partial charge in [0, 0.05) is 6.54 Å². The summed E-state index contributed by atoms with van der Waals surface area (Å²) in [6.07, 6.45) is -3.90. The van der Waals surface area contributed by atoms with Crippen LogP contribution in [0.15, 0.2) is 24.3 Å². The van der Waals surface area contributed by atoms with Gasteiger partial charge in [0.05, 0.1) is 17.0 Å². The molecule has 2 rings (SSSR count). The molecule has 1 aromatic rings. The third-order valence-electron chi connectivity index (χ3n) is 4.24. The average molecular weight is 339 g/mol. The van der Waals surface area contributed by atoms with E-state index >= 15 is 0 Å². The molecule has 1 heterocycles. The van der Waals surface area contributed by atoms with E-state index in [1.807, 2.05) is 6.07 Å². The number of carbonyl (C=O) groups excluding carboxylic acids is 1. The number of hydrogen-bond acceptors (Lipinski definition) is 3. The van der Waals surface area contributed by atoms with Crippen molar-refractivity contribution in [1.29, 1.82) is 5.26 Å². The number of alkyl halides is 3. The Labute approximate surface area is 139 Å². The molecule has 1 N–H and O–H groups in total. The van der Waals surface area contributed by atoms with Crippen molar-refractivity contribution in [2.45, 2.75) is 45.3 Å². The van der Waals surface area contributed by atoms with Gasteiger partial charge < -0.3 is 0 Å². The van der Waals surface area contributed by atoms with E-state index in [2.05, 4.69) is 5.43 Å². The van der Waals surface area contributed by atoms with E-state index in [4.69, 9.17) is 5.26 Å². The highest BCUT2D eigenvalue weighted by Gasteiger charge is 2.49. The Hall–Kier alpha value is -2.07. The smallest absolute Gasteiger partial charge is 0.288 e. The first kappa shape index (κ1) is 18.3. The highest BCUT2D eigenvalue weighted by molar-refractivity contribution is 5.83. The van der Waals surface area contributed by atoms with Gasteiger partial charge in [-0.15, -0.1) is 0 Å². The molecule has 0 aromatic heterocycles. The fourth-order valence-corrected chi connectivity index (χ4v) is 2.84. The predicted octanol–water partition coefficient (Wildman–Crippen LogP) is 3.18. The largest absolute Gasteiger partial charge is 0.405 e. The number of aryl methyl sites for hydroxylation is 1. The maximum atomic E-state index is 13.4. The van der Waals surface area contributed by atoms with Gasteiger partial charge in [0.15, 0.2) is 0 Å². The standard InChI is InChI=1S/C17H20F3N3O/c1-16(2)11-23(22-15(16)24)14(17(18,19)20)9-5-8-12-6-3-4-7-13(12)10-21/h3-4,6-7,14H,5,8-9,11H2,1-2H3,(H,22,24). The zero-order valence-electron chi connectivity index (χ0n) is 13.7. The van der Waals surface area contributed by atoms with Crippen molar-refractivity contribution in [3.8, 4) is 6.07 Å². The summed E-state index contributed by atoms with van der Waals surface area (Å²) in [6.45, 7) is 3.27. The van der Waals surface area contributed by atoms with Gasteiger partial charge >= 0.3 is 6.18 Å². The number of nitriles is 1. The van der Waals surface area contributed by atoms with E-state index in [0.717, 1.165) is 10.6 Å². The summed E-state index contributed by atoms with van der Waals surface area (Å²) in [5, 5.41) is 10.0. The van der Waals surface area contributed by atoms with Gasteiger partial charge in [-0.1, -0.05) is 18.2 Å². The predicted molar refractivity (Wildman–Crippen MR) is 82.6 cm³/mol. The van der Waals surface area contributed by atoms with Crippen LogP contribution in [0, 0.1) is 16.7 Å². The molecule has 7 heteroatoms.